The van der Waals surface area contributed by atoms with E-state index in [2.05, 4.69) is 0 Å². The van der Waals surface area contributed by atoms with Crippen molar-refractivity contribution in [2.75, 3.05) is 0 Å². The largest absolute Gasteiger partial charge is 0.366 e. The van der Waals surface area contributed by atoms with Crippen LogP contribution in [0.1, 0.15) is 15.9 Å². The average molecular weight is 249 g/mol. The zero-order valence-corrected chi connectivity index (χ0v) is 10.3. The van der Waals surface area contributed by atoms with Crippen molar-refractivity contribution in [3.63, 3.8) is 0 Å². The Kier molecular flexibility index (Phi) is 3.94. The smallest absolute Gasteiger partial charge is 0.249 e. The maximum Gasteiger partial charge on any atom is 0.249 e. The number of hydrogen-bond acceptors (Lipinski definition) is 2. The van der Waals surface area contributed by atoms with Gasteiger partial charge in [0.05, 0.1) is 12.5 Å². The number of amides is 1. The SMILES string of the molecule is N#C[CH]Cc1ccc(-c2ccccc2)c(C(N)=O)c1. The number of hydrogen-bond donors (Lipinski definition) is 1. The van der Waals surface area contributed by atoms with E-state index in [0.717, 1.165) is 16.7 Å². The second kappa shape index (κ2) is 5.83. The lowest BCUT2D eigenvalue weighted by Crippen LogP contribution is -2.13. The van der Waals surface area contributed by atoms with E-state index in [1.165, 1.54) is 6.42 Å². The van der Waals surface area contributed by atoms with Gasteiger partial charge in [-0.25, -0.2) is 0 Å². The van der Waals surface area contributed by atoms with E-state index in [1.807, 2.05) is 48.5 Å². The van der Waals surface area contributed by atoms with Gasteiger partial charge in [0.2, 0.25) is 5.91 Å². The van der Waals surface area contributed by atoms with Crippen molar-refractivity contribution >= 4 is 5.91 Å². The monoisotopic (exact) mass is 249 g/mol. The Bertz CT molecular complexity index is 627. The zero-order valence-electron chi connectivity index (χ0n) is 10.3. The molecule has 0 atom stereocenters. The molecular formula is C16H13N2O. The van der Waals surface area contributed by atoms with Crippen LogP contribution in [0.3, 0.4) is 0 Å². The van der Waals surface area contributed by atoms with E-state index in [1.54, 1.807) is 6.07 Å². The van der Waals surface area contributed by atoms with Crippen LogP contribution in [0.2, 0.25) is 0 Å². The Labute approximate surface area is 112 Å². The predicted molar refractivity (Wildman–Crippen MR) is 74.0 cm³/mol. The van der Waals surface area contributed by atoms with Crippen molar-refractivity contribution in [3.05, 3.63) is 66.1 Å². The molecule has 0 aromatic heterocycles. The van der Waals surface area contributed by atoms with Gasteiger partial charge in [-0.2, -0.15) is 5.26 Å². The van der Waals surface area contributed by atoms with Crippen LogP contribution in [-0.2, 0) is 6.42 Å². The quantitative estimate of drug-likeness (QED) is 0.905. The lowest BCUT2D eigenvalue weighted by atomic mass is 9.96. The third-order valence-corrected chi connectivity index (χ3v) is 2.86. The predicted octanol–water partition coefficient (Wildman–Crippen LogP) is 2.72. The highest BCUT2D eigenvalue weighted by Gasteiger charge is 2.10. The first-order valence-electron chi connectivity index (χ1n) is 5.92. The Morgan fingerprint density at radius 2 is 1.95 bits per heavy atom. The highest BCUT2D eigenvalue weighted by molar-refractivity contribution is 6.00. The summed E-state index contributed by atoms with van der Waals surface area (Å²) in [7, 11) is 0. The van der Waals surface area contributed by atoms with Gasteiger partial charge in [0.1, 0.15) is 0 Å². The number of carbonyl (C=O) groups is 1. The van der Waals surface area contributed by atoms with Gasteiger partial charge in [0, 0.05) is 5.56 Å². The van der Waals surface area contributed by atoms with Crippen LogP contribution >= 0.6 is 0 Å². The molecule has 0 bridgehead atoms. The fourth-order valence-corrected chi connectivity index (χ4v) is 1.96. The number of nitriles is 1. The first kappa shape index (κ1) is 12.8. The molecular weight excluding hydrogens is 236 g/mol. The molecule has 0 aliphatic carbocycles. The molecule has 0 saturated heterocycles. The topological polar surface area (TPSA) is 66.9 Å². The number of benzene rings is 2. The third-order valence-electron chi connectivity index (χ3n) is 2.86. The normalized spacial score (nSPS) is 9.84. The molecule has 2 N–H and O–H groups in total. The number of primary amides is 1. The minimum Gasteiger partial charge on any atom is -0.366 e. The van der Waals surface area contributed by atoms with Crippen LogP contribution in [0.5, 0.6) is 0 Å². The summed E-state index contributed by atoms with van der Waals surface area (Å²) >= 11 is 0. The van der Waals surface area contributed by atoms with Crippen LogP contribution in [0.15, 0.2) is 48.5 Å². The van der Waals surface area contributed by atoms with Crippen LogP contribution in [0.25, 0.3) is 11.1 Å². The van der Waals surface area contributed by atoms with Gasteiger partial charge in [-0.1, -0.05) is 42.5 Å². The maximum atomic E-state index is 11.6. The molecule has 19 heavy (non-hydrogen) atoms. The minimum atomic E-state index is -0.460. The Balaban J connectivity index is 2.45. The second-order valence-corrected chi connectivity index (χ2v) is 4.15. The number of nitrogens with two attached hydrogens (primary N) is 1. The molecule has 0 heterocycles. The molecule has 1 radical (unpaired) electrons. The van der Waals surface area contributed by atoms with E-state index < -0.39 is 5.91 Å². The maximum absolute atomic E-state index is 11.6. The number of nitrogens with zero attached hydrogens (tertiary/aromatic N) is 1. The van der Waals surface area contributed by atoms with E-state index in [4.69, 9.17) is 11.0 Å². The van der Waals surface area contributed by atoms with Crippen LogP contribution in [0.4, 0.5) is 0 Å². The first-order valence-corrected chi connectivity index (χ1v) is 5.92. The minimum absolute atomic E-state index is 0.460. The van der Waals surface area contributed by atoms with E-state index in [0.29, 0.717) is 12.0 Å². The van der Waals surface area contributed by atoms with Crippen molar-refractivity contribution in [3.8, 4) is 17.2 Å². The fourth-order valence-electron chi connectivity index (χ4n) is 1.96. The fraction of sp³-hybridized carbons (Fsp3) is 0.0625. The molecule has 2 aromatic carbocycles. The standard InChI is InChI=1S/C16H13N2O/c17-10-4-5-12-8-9-14(15(11-12)16(18)19)13-6-2-1-3-7-13/h1-4,6-9,11H,5H2,(H2,18,19). The van der Waals surface area contributed by atoms with E-state index in [9.17, 15) is 4.79 Å². The average Bonchev–Trinajstić information content (AvgIpc) is 2.45. The van der Waals surface area contributed by atoms with Crippen LogP contribution < -0.4 is 5.73 Å². The van der Waals surface area contributed by atoms with Crippen LogP contribution in [-0.4, -0.2) is 5.91 Å². The summed E-state index contributed by atoms with van der Waals surface area (Å²) in [5.74, 6) is -0.460. The Hall–Kier alpha value is -2.60. The van der Waals surface area contributed by atoms with Gasteiger partial charge in [-0.15, -0.1) is 0 Å². The summed E-state index contributed by atoms with van der Waals surface area (Å²) in [6, 6.07) is 17.1. The van der Waals surface area contributed by atoms with E-state index in [-0.39, 0.29) is 0 Å². The molecule has 0 unspecified atom stereocenters. The zero-order chi connectivity index (χ0) is 13.7. The molecule has 0 fully saturated rings. The molecule has 0 spiro atoms. The van der Waals surface area contributed by atoms with Crippen LogP contribution in [0, 0.1) is 17.8 Å². The highest BCUT2D eigenvalue weighted by Crippen LogP contribution is 2.24. The summed E-state index contributed by atoms with van der Waals surface area (Å²) in [6.07, 6.45) is 1.99. The van der Waals surface area contributed by atoms with E-state index >= 15 is 0 Å². The van der Waals surface area contributed by atoms with Gasteiger partial charge in [0.25, 0.3) is 0 Å². The lowest BCUT2D eigenvalue weighted by Gasteiger charge is -2.09. The molecule has 2 rings (SSSR count). The van der Waals surface area contributed by atoms with Crippen molar-refractivity contribution in [1.82, 2.24) is 0 Å². The third kappa shape index (κ3) is 2.99. The molecule has 3 nitrogen and oxygen atoms in total. The number of carbonyl (C=O) groups excluding carboxylic acids is 1. The lowest BCUT2D eigenvalue weighted by molar-refractivity contribution is 0.100. The molecule has 3 heteroatoms. The highest BCUT2D eigenvalue weighted by atomic mass is 16.1. The van der Waals surface area contributed by atoms with Gasteiger partial charge < -0.3 is 5.73 Å². The van der Waals surface area contributed by atoms with Gasteiger partial charge in [-0.05, 0) is 29.2 Å². The van der Waals surface area contributed by atoms with Crippen molar-refractivity contribution in [1.29, 1.82) is 5.26 Å². The molecule has 93 valence electrons. The summed E-state index contributed by atoms with van der Waals surface area (Å²) in [6.45, 7) is 0. The van der Waals surface area contributed by atoms with Crippen molar-refractivity contribution in [2.24, 2.45) is 5.73 Å². The molecule has 2 aromatic rings. The first-order chi connectivity index (χ1) is 9.22. The van der Waals surface area contributed by atoms with Crippen molar-refractivity contribution < 1.29 is 4.79 Å². The summed E-state index contributed by atoms with van der Waals surface area (Å²) in [5, 5.41) is 8.54. The Morgan fingerprint density at radius 3 is 2.58 bits per heavy atom. The van der Waals surface area contributed by atoms with Gasteiger partial charge >= 0.3 is 0 Å². The van der Waals surface area contributed by atoms with Gasteiger partial charge in [0.15, 0.2) is 0 Å². The summed E-state index contributed by atoms with van der Waals surface area (Å²) in [5.41, 5.74) is 8.58. The molecule has 1 amide bonds. The molecule has 0 aliphatic rings. The molecule has 0 aliphatic heterocycles. The summed E-state index contributed by atoms with van der Waals surface area (Å²) < 4.78 is 0. The summed E-state index contributed by atoms with van der Waals surface area (Å²) in [4.78, 5) is 11.6. The Morgan fingerprint density at radius 1 is 1.21 bits per heavy atom. The van der Waals surface area contributed by atoms with Gasteiger partial charge in [-0.3, -0.25) is 4.79 Å². The second-order valence-electron chi connectivity index (χ2n) is 4.15. The van der Waals surface area contributed by atoms with Crippen molar-refractivity contribution in [2.45, 2.75) is 6.42 Å². The number of rotatable bonds is 4. The molecule has 0 saturated carbocycles.